The second kappa shape index (κ2) is 5.11. The van der Waals surface area contributed by atoms with Gasteiger partial charge in [0.25, 0.3) is 0 Å². The molecule has 1 atom stereocenters. The highest BCUT2D eigenvalue weighted by molar-refractivity contribution is 5.84. The zero-order valence-corrected chi connectivity index (χ0v) is 8.01. The van der Waals surface area contributed by atoms with Gasteiger partial charge in [0.1, 0.15) is 0 Å². The molecule has 1 unspecified atom stereocenters. The van der Waals surface area contributed by atoms with E-state index >= 15 is 0 Å². The Morgan fingerprint density at radius 1 is 1.33 bits per heavy atom. The van der Waals surface area contributed by atoms with Crippen molar-refractivity contribution in [3.8, 4) is 0 Å². The molecule has 0 saturated carbocycles. The van der Waals surface area contributed by atoms with Crippen molar-refractivity contribution in [2.45, 2.75) is 12.6 Å². The van der Waals surface area contributed by atoms with Crippen LogP contribution in [0.4, 0.5) is 0 Å². The van der Waals surface area contributed by atoms with Crippen LogP contribution >= 0.6 is 0 Å². The zero-order valence-electron chi connectivity index (χ0n) is 8.01. The molecule has 0 fully saturated rings. The van der Waals surface area contributed by atoms with Gasteiger partial charge in [-0.05, 0) is 5.56 Å². The Kier molecular flexibility index (Phi) is 3.82. The Bertz CT molecular complexity index is 351. The van der Waals surface area contributed by atoms with Crippen LogP contribution in [0.15, 0.2) is 30.3 Å². The first-order chi connectivity index (χ1) is 7.09. The monoisotopic (exact) mass is 208 g/mol. The Morgan fingerprint density at radius 3 is 2.47 bits per heavy atom. The minimum absolute atomic E-state index is 0.127. The second-order valence-corrected chi connectivity index (χ2v) is 3.05. The minimum atomic E-state index is -1.35. The minimum Gasteiger partial charge on any atom is -0.479 e. The molecule has 0 aliphatic rings. The van der Waals surface area contributed by atoms with Crippen molar-refractivity contribution in [3.63, 3.8) is 0 Å². The molecule has 0 aliphatic carbocycles. The van der Waals surface area contributed by atoms with Crippen LogP contribution in [0.1, 0.15) is 5.56 Å². The topological polar surface area (TPSA) is 92.4 Å². The summed E-state index contributed by atoms with van der Waals surface area (Å²) in [7, 11) is 0. The SMILES string of the molecule is NC(NC(=O)Cc1ccccc1)C(=O)O. The standard InChI is InChI=1S/C10H12N2O3/c11-9(10(14)15)12-8(13)6-7-4-2-1-3-5-7/h1-5,9H,6,11H2,(H,12,13)(H,14,15). The van der Waals surface area contributed by atoms with E-state index in [1.807, 2.05) is 6.07 Å². The lowest BCUT2D eigenvalue weighted by Gasteiger charge is -2.08. The third-order valence-corrected chi connectivity index (χ3v) is 1.79. The van der Waals surface area contributed by atoms with E-state index in [1.54, 1.807) is 24.3 Å². The molecule has 0 spiro atoms. The van der Waals surface area contributed by atoms with Gasteiger partial charge in [-0.15, -0.1) is 0 Å². The maximum absolute atomic E-state index is 11.3. The van der Waals surface area contributed by atoms with Crippen molar-refractivity contribution in [1.82, 2.24) is 5.32 Å². The molecule has 1 rings (SSSR count). The van der Waals surface area contributed by atoms with Gasteiger partial charge < -0.3 is 16.2 Å². The Labute approximate surface area is 86.9 Å². The summed E-state index contributed by atoms with van der Waals surface area (Å²) < 4.78 is 0. The summed E-state index contributed by atoms with van der Waals surface area (Å²) in [5.74, 6) is -1.66. The number of aliphatic carboxylic acids is 1. The first-order valence-corrected chi connectivity index (χ1v) is 4.41. The van der Waals surface area contributed by atoms with E-state index in [4.69, 9.17) is 10.8 Å². The average Bonchev–Trinajstić information content (AvgIpc) is 2.18. The number of nitrogens with two attached hydrogens (primary N) is 1. The fourth-order valence-corrected chi connectivity index (χ4v) is 1.07. The fraction of sp³-hybridized carbons (Fsp3) is 0.200. The molecule has 4 N–H and O–H groups in total. The first kappa shape index (κ1) is 11.2. The lowest BCUT2D eigenvalue weighted by Crippen LogP contribution is -2.47. The molecule has 15 heavy (non-hydrogen) atoms. The molecule has 1 aromatic rings. The third kappa shape index (κ3) is 3.78. The van der Waals surface area contributed by atoms with Gasteiger partial charge in [0.15, 0.2) is 6.17 Å². The van der Waals surface area contributed by atoms with E-state index in [0.29, 0.717) is 0 Å². The average molecular weight is 208 g/mol. The summed E-state index contributed by atoms with van der Waals surface area (Å²) in [6, 6.07) is 9.02. The van der Waals surface area contributed by atoms with Crippen LogP contribution in [0.5, 0.6) is 0 Å². The molecule has 1 aromatic carbocycles. The van der Waals surface area contributed by atoms with Crippen molar-refractivity contribution < 1.29 is 14.7 Å². The van der Waals surface area contributed by atoms with Gasteiger partial charge >= 0.3 is 5.97 Å². The van der Waals surface area contributed by atoms with Crippen LogP contribution in [-0.4, -0.2) is 23.1 Å². The number of hydrogen-bond donors (Lipinski definition) is 3. The van der Waals surface area contributed by atoms with Gasteiger partial charge in [-0.25, -0.2) is 4.79 Å². The van der Waals surface area contributed by atoms with Crippen molar-refractivity contribution in [1.29, 1.82) is 0 Å². The number of carbonyl (C=O) groups excluding carboxylic acids is 1. The van der Waals surface area contributed by atoms with Crippen LogP contribution in [0.3, 0.4) is 0 Å². The quantitative estimate of drug-likeness (QED) is 0.593. The highest BCUT2D eigenvalue weighted by Gasteiger charge is 2.14. The third-order valence-electron chi connectivity index (χ3n) is 1.79. The number of carboxylic acid groups (broad SMARTS) is 1. The number of carbonyl (C=O) groups is 2. The van der Waals surface area contributed by atoms with E-state index in [-0.39, 0.29) is 6.42 Å². The number of hydrogen-bond acceptors (Lipinski definition) is 3. The molecule has 0 aliphatic heterocycles. The zero-order chi connectivity index (χ0) is 11.3. The highest BCUT2D eigenvalue weighted by Crippen LogP contribution is 1.99. The lowest BCUT2D eigenvalue weighted by atomic mass is 10.1. The number of nitrogens with one attached hydrogen (secondary N) is 1. The van der Waals surface area contributed by atoms with Gasteiger partial charge in [-0.3, -0.25) is 4.79 Å². The van der Waals surface area contributed by atoms with Gasteiger partial charge in [0.2, 0.25) is 5.91 Å². The number of rotatable bonds is 4. The molecule has 0 bridgehead atoms. The van der Waals surface area contributed by atoms with Crippen molar-refractivity contribution in [2.24, 2.45) is 5.73 Å². The van der Waals surface area contributed by atoms with E-state index in [1.165, 1.54) is 0 Å². The molecule has 80 valence electrons. The summed E-state index contributed by atoms with van der Waals surface area (Å²) in [5.41, 5.74) is 5.95. The fourth-order valence-electron chi connectivity index (χ4n) is 1.07. The molecule has 0 heterocycles. The second-order valence-electron chi connectivity index (χ2n) is 3.05. The van der Waals surface area contributed by atoms with Crippen LogP contribution in [0.2, 0.25) is 0 Å². The number of carboxylic acids is 1. The molecule has 5 nitrogen and oxygen atoms in total. The van der Waals surface area contributed by atoms with Gasteiger partial charge in [0, 0.05) is 0 Å². The summed E-state index contributed by atoms with van der Waals surface area (Å²) in [5, 5.41) is 10.6. The predicted octanol–water partition coefficient (Wildman–Crippen LogP) is -0.285. The van der Waals surface area contributed by atoms with E-state index in [2.05, 4.69) is 5.32 Å². The smallest absolute Gasteiger partial charge is 0.341 e. The molecule has 0 aromatic heterocycles. The van der Waals surface area contributed by atoms with Crippen molar-refractivity contribution >= 4 is 11.9 Å². The molecular formula is C10H12N2O3. The summed E-state index contributed by atoms with van der Waals surface area (Å²) in [6.45, 7) is 0. The maximum atomic E-state index is 11.3. The molecule has 0 saturated heterocycles. The van der Waals surface area contributed by atoms with Crippen molar-refractivity contribution in [3.05, 3.63) is 35.9 Å². The van der Waals surface area contributed by atoms with Crippen LogP contribution in [-0.2, 0) is 16.0 Å². The predicted molar refractivity (Wildman–Crippen MR) is 53.9 cm³/mol. The molecular weight excluding hydrogens is 196 g/mol. The number of benzene rings is 1. The maximum Gasteiger partial charge on any atom is 0.341 e. The van der Waals surface area contributed by atoms with E-state index in [9.17, 15) is 9.59 Å². The number of amides is 1. The summed E-state index contributed by atoms with van der Waals surface area (Å²) in [4.78, 5) is 21.6. The summed E-state index contributed by atoms with van der Waals surface area (Å²) >= 11 is 0. The highest BCUT2D eigenvalue weighted by atomic mass is 16.4. The van der Waals surface area contributed by atoms with Gasteiger partial charge in [-0.2, -0.15) is 0 Å². The normalized spacial score (nSPS) is 11.8. The van der Waals surface area contributed by atoms with Gasteiger partial charge in [0.05, 0.1) is 6.42 Å². The molecule has 5 heteroatoms. The van der Waals surface area contributed by atoms with Crippen molar-refractivity contribution in [2.75, 3.05) is 0 Å². The van der Waals surface area contributed by atoms with Crippen LogP contribution in [0, 0.1) is 0 Å². The Morgan fingerprint density at radius 2 is 1.93 bits per heavy atom. The summed E-state index contributed by atoms with van der Waals surface area (Å²) in [6.07, 6.45) is -1.22. The van der Waals surface area contributed by atoms with Crippen LogP contribution < -0.4 is 11.1 Å². The lowest BCUT2D eigenvalue weighted by molar-refractivity contribution is -0.141. The molecule has 0 radical (unpaired) electrons. The molecule has 1 amide bonds. The van der Waals surface area contributed by atoms with E-state index in [0.717, 1.165) is 5.56 Å². The van der Waals surface area contributed by atoms with Crippen LogP contribution in [0.25, 0.3) is 0 Å². The largest absolute Gasteiger partial charge is 0.479 e. The van der Waals surface area contributed by atoms with Gasteiger partial charge in [-0.1, -0.05) is 30.3 Å². The van der Waals surface area contributed by atoms with E-state index < -0.39 is 18.0 Å². The Balaban J connectivity index is 2.47. The first-order valence-electron chi connectivity index (χ1n) is 4.41. The Hall–Kier alpha value is -1.88.